The predicted molar refractivity (Wildman–Crippen MR) is 95.2 cm³/mol. The largest absolute Gasteiger partial charge is 0.326 e. The summed E-state index contributed by atoms with van der Waals surface area (Å²) in [7, 11) is -2.18. The molecule has 0 heterocycles. The first-order chi connectivity index (χ1) is 11.9. The van der Waals surface area contributed by atoms with Gasteiger partial charge >= 0.3 is 0 Å². The van der Waals surface area contributed by atoms with E-state index in [0.29, 0.717) is 17.7 Å². The van der Waals surface area contributed by atoms with Gasteiger partial charge in [-0.15, -0.1) is 0 Å². The Balaban J connectivity index is 2.16. The third-order valence-corrected chi connectivity index (χ3v) is 5.45. The van der Waals surface area contributed by atoms with Crippen molar-refractivity contribution in [3.05, 3.63) is 59.7 Å². The molecule has 0 fully saturated rings. The zero-order valence-corrected chi connectivity index (χ0v) is 14.9. The molecule has 1 N–H and O–H groups in total. The number of rotatable bonds is 6. The van der Waals surface area contributed by atoms with Gasteiger partial charge in [0.1, 0.15) is 0 Å². The van der Waals surface area contributed by atoms with Crippen molar-refractivity contribution in [2.75, 3.05) is 12.4 Å². The minimum Gasteiger partial charge on any atom is -0.326 e. The smallest absolute Gasteiger partial charge is 0.243 e. The maximum absolute atomic E-state index is 12.7. The summed E-state index contributed by atoms with van der Waals surface area (Å²) in [6.07, 6.45) is 0.352. The number of anilines is 1. The van der Waals surface area contributed by atoms with E-state index in [-0.39, 0.29) is 17.3 Å². The van der Waals surface area contributed by atoms with Crippen LogP contribution in [0, 0.1) is 11.3 Å². The minimum absolute atomic E-state index is 0.134. The molecule has 0 aliphatic carbocycles. The molecule has 0 spiro atoms. The van der Waals surface area contributed by atoms with Gasteiger partial charge in [-0.1, -0.05) is 19.1 Å². The standard InChI is InChI=1S/C18H19N3O3S/c1-3-18(22)20-16-7-9-17(10-8-16)25(23,24)21(2)13-15-6-4-5-14(11-15)12-19/h4-11H,3,13H2,1-2H3,(H,20,22). The molecular weight excluding hydrogens is 338 g/mol. The van der Waals surface area contributed by atoms with Crippen molar-refractivity contribution in [2.45, 2.75) is 24.8 Å². The molecule has 6 nitrogen and oxygen atoms in total. The molecule has 0 aliphatic rings. The Hall–Kier alpha value is -2.69. The number of nitrogens with one attached hydrogen (secondary N) is 1. The highest BCUT2D eigenvalue weighted by Crippen LogP contribution is 2.19. The van der Waals surface area contributed by atoms with Gasteiger partial charge in [0, 0.05) is 25.7 Å². The molecule has 0 saturated heterocycles. The molecule has 0 saturated carbocycles. The Morgan fingerprint density at radius 1 is 1.20 bits per heavy atom. The number of amides is 1. The Morgan fingerprint density at radius 2 is 1.88 bits per heavy atom. The molecule has 2 aromatic rings. The average molecular weight is 357 g/mol. The molecule has 0 aliphatic heterocycles. The van der Waals surface area contributed by atoms with Crippen LogP contribution in [-0.2, 0) is 21.4 Å². The van der Waals surface area contributed by atoms with Crippen LogP contribution in [0.25, 0.3) is 0 Å². The Morgan fingerprint density at radius 3 is 2.48 bits per heavy atom. The van der Waals surface area contributed by atoms with E-state index in [4.69, 9.17) is 5.26 Å². The quantitative estimate of drug-likeness (QED) is 0.861. The van der Waals surface area contributed by atoms with Gasteiger partial charge in [-0.3, -0.25) is 4.79 Å². The van der Waals surface area contributed by atoms with E-state index in [1.54, 1.807) is 43.3 Å². The molecule has 25 heavy (non-hydrogen) atoms. The number of nitrogens with zero attached hydrogens (tertiary/aromatic N) is 2. The summed E-state index contributed by atoms with van der Waals surface area (Å²) in [4.78, 5) is 11.5. The fraction of sp³-hybridized carbons (Fsp3) is 0.222. The van der Waals surface area contributed by atoms with E-state index in [9.17, 15) is 13.2 Å². The lowest BCUT2D eigenvalue weighted by Gasteiger charge is -2.17. The van der Waals surface area contributed by atoms with Gasteiger partial charge in [-0.2, -0.15) is 9.57 Å². The second-order valence-electron chi connectivity index (χ2n) is 5.50. The molecule has 2 aromatic carbocycles. The van der Waals surface area contributed by atoms with Crippen molar-refractivity contribution < 1.29 is 13.2 Å². The first kappa shape index (κ1) is 18.6. The van der Waals surface area contributed by atoms with Gasteiger partial charge < -0.3 is 5.32 Å². The molecule has 0 bridgehead atoms. The molecule has 0 atom stereocenters. The highest BCUT2D eigenvalue weighted by molar-refractivity contribution is 7.89. The number of nitriles is 1. The van der Waals surface area contributed by atoms with Crippen LogP contribution in [0.4, 0.5) is 5.69 Å². The maximum atomic E-state index is 12.7. The summed E-state index contributed by atoms with van der Waals surface area (Å²) in [6, 6.07) is 14.9. The highest BCUT2D eigenvalue weighted by Gasteiger charge is 2.21. The molecular formula is C18H19N3O3S. The summed E-state index contributed by atoms with van der Waals surface area (Å²) in [5.41, 5.74) is 1.77. The number of benzene rings is 2. The number of hydrogen-bond acceptors (Lipinski definition) is 4. The van der Waals surface area contributed by atoms with Crippen molar-refractivity contribution >= 4 is 21.6 Å². The van der Waals surface area contributed by atoms with Gasteiger partial charge in [0.25, 0.3) is 0 Å². The number of carbonyl (C=O) groups excluding carboxylic acids is 1. The van der Waals surface area contributed by atoms with Crippen LogP contribution in [0.5, 0.6) is 0 Å². The Bertz CT molecular complexity index is 900. The predicted octanol–water partition coefficient (Wildman–Crippen LogP) is 2.73. The zero-order chi connectivity index (χ0) is 18.4. The number of carbonyl (C=O) groups is 1. The Kier molecular flexibility index (Phi) is 5.91. The first-order valence-corrected chi connectivity index (χ1v) is 9.16. The summed E-state index contributed by atoms with van der Waals surface area (Å²) in [5.74, 6) is -0.134. The Labute approximate surface area is 147 Å². The summed E-state index contributed by atoms with van der Waals surface area (Å²) in [5, 5.41) is 11.6. The van der Waals surface area contributed by atoms with Crippen LogP contribution in [-0.4, -0.2) is 25.7 Å². The summed E-state index contributed by atoms with van der Waals surface area (Å²) < 4.78 is 26.5. The van der Waals surface area contributed by atoms with Crippen molar-refractivity contribution in [3.8, 4) is 6.07 Å². The lowest BCUT2D eigenvalue weighted by molar-refractivity contribution is -0.115. The monoisotopic (exact) mass is 357 g/mol. The molecule has 2 rings (SSSR count). The van der Waals surface area contributed by atoms with Crippen LogP contribution < -0.4 is 5.32 Å². The van der Waals surface area contributed by atoms with Crippen molar-refractivity contribution in [2.24, 2.45) is 0 Å². The van der Waals surface area contributed by atoms with E-state index in [1.165, 1.54) is 23.5 Å². The second kappa shape index (κ2) is 7.92. The first-order valence-electron chi connectivity index (χ1n) is 7.72. The van der Waals surface area contributed by atoms with Crippen LogP contribution in [0.15, 0.2) is 53.4 Å². The minimum atomic E-state index is -3.67. The summed E-state index contributed by atoms with van der Waals surface area (Å²) >= 11 is 0. The molecule has 130 valence electrons. The van der Waals surface area contributed by atoms with Crippen LogP contribution in [0.2, 0.25) is 0 Å². The van der Waals surface area contributed by atoms with Crippen molar-refractivity contribution in [1.29, 1.82) is 5.26 Å². The highest BCUT2D eigenvalue weighted by atomic mass is 32.2. The SMILES string of the molecule is CCC(=O)Nc1ccc(S(=O)(=O)N(C)Cc2cccc(C#N)c2)cc1. The van der Waals surface area contributed by atoms with E-state index in [0.717, 1.165) is 5.56 Å². The normalized spacial score (nSPS) is 11.1. The topological polar surface area (TPSA) is 90.3 Å². The van der Waals surface area contributed by atoms with Crippen LogP contribution >= 0.6 is 0 Å². The van der Waals surface area contributed by atoms with E-state index in [1.807, 2.05) is 6.07 Å². The average Bonchev–Trinajstić information content (AvgIpc) is 2.62. The molecule has 1 amide bonds. The van der Waals surface area contributed by atoms with Crippen LogP contribution in [0.3, 0.4) is 0 Å². The lowest BCUT2D eigenvalue weighted by Crippen LogP contribution is -2.26. The van der Waals surface area contributed by atoms with Crippen LogP contribution in [0.1, 0.15) is 24.5 Å². The number of sulfonamides is 1. The fourth-order valence-corrected chi connectivity index (χ4v) is 3.38. The molecule has 0 unspecified atom stereocenters. The van der Waals surface area contributed by atoms with Gasteiger partial charge in [-0.25, -0.2) is 8.42 Å². The second-order valence-corrected chi connectivity index (χ2v) is 7.54. The van der Waals surface area contributed by atoms with E-state index < -0.39 is 10.0 Å². The van der Waals surface area contributed by atoms with Gasteiger partial charge in [0.05, 0.1) is 16.5 Å². The van der Waals surface area contributed by atoms with E-state index >= 15 is 0 Å². The maximum Gasteiger partial charge on any atom is 0.243 e. The van der Waals surface area contributed by atoms with Gasteiger partial charge in [0.15, 0.2) is 0 Å². The molecule has 0 aromatic heterocycles. The molecule has 7 heteroatoms. The lowest BCUT2D eigenvalue weighted by atomic mass is 10.1. The van der Waals surface area contributed by atoms with Crippen molar-refractivity contribution in [3.63, 3.8) is 0 Å². The summed E-state index contributed by atoms with van der Waals surface area (Å²) in [6.45, 7) is 1.90. The number of hydrogen-bond donors (Lipinski definition) is 1. The molecule has 0 radical (unpaired) electrons. The third kappa shape index (κ3) is 4.66. The fourth-order valence-electron chi connectivity index (χ4n) is 2.22. The van der Waals surface area contributed by atoms with Gasteiger partial charge in [-0.05, 0) is 42.0 Å². The van der Waals surface area contributed by atoms with Gasteiger partial charge in [0.2, 0.25) is 15.9 Å². The third-order valence-electron chi connectivity index (χ3n) is 3.63. The van der Waals surface area contributed by atoms with E-state index in [2.05, 4.69) is 5.32 Å². The zero-order valence-electron chi connectivity index (χ0n) is 14.1. The van der Waals surface area contributed by atoms with Crippen molar-refractivity contribution in [1.82, 2.24) is 4.31 Å².